The maximum absolute atomic E-state index is 13.5. The van der Waals surface area contributed by atoms with Crippen molar-refractivity contribution in [3.05, 3.63) is 112 Å². The zero-order valence-electron chi connectivity index (χ0n) is 20.0. The highest BCUT2D eigenvalue weighted by atomic mass is 16.2. The first-order valence-corrected chi connectivity index (χ1v) is 11.1. The van der Waals surface area contributed by atoms with Crippen molar-refractivity contribution in [2.45, 2.75) is 18.8 Å². The first-order valence-electron chi connectivity index (χ1n) is 11.1. The second-order valence-corrected chi connectivity index (χ2v) is 8.87. The van der Waals surface area contributed by atoms with Crippen molar-refractivity contribution in [1.82, 2.24) is 18.3 Å². The first-order chi connectivity index (χ1) is 16.6. The van der Waals surface area contributed by atoms with Crippen molar-refractivity contribution in [3.8, 4) is 0 Å². The number of allylic oxidation sites excluding steroid dienone is 2. The Kier molecular flexibility index (Phi) is 6.26. The molecule has 0 radical (unpaired) electrons. The maximum Gasteiger partial charge on any atom is 0.330 e. The lowest BCUT2D eigenvalue weighted by Gasteiger charge is -2.26. The topological polar surface area (TPSA) is 105 Å². The van der Waals surface area contributed by atoms with Gasteiger partial charge in [0.05, 0.1) is 11.1 Å². The smallest absolute Gasteiger partial charge is 0.303 e. The molecular formula is C26H26N4O5. The number of benzene rings is 1. The van der Waals surface area contributed by atoms with Crippen molar-refractivity contribution >= 4 is 17.9 Å². The van der Waals surface area contributed by atoms with Crippen LogP contribution in [0.4, 0.5) is 0 Å². The zero-order chi connectivity index (χ0) is 25.4. The van der Waals surface area contributed by atoms with Gasteiger partial charge in [-0.1, -0.05) is 30.3 Å². The summed E-state index contributed by atoms with van der Waals surface area (Å²) in [6.45, 7) is 0. The van der Waals surface area contributed by atoms with Crippen LogP contribution in [-0.2, 0) is 33.0 Å². The van der Waals surface area contributed by atoms with E-state index in [-0.39, 0.29) is 22.8 Å². The fourth-order valence-electron chi connectivity index (χ4n) is 4.45. The average molecular weight is 475 g/mol. The van der Waals surface area contributed by atoms with Gasteiger partial charge in [0.15, 0.2) is 5.78 Å². The maximum atomic E-state index is 13.5. The van der Waals surface area contributed by atoms with Crippen LogP contribution < -0.4 is 22.5 Å². The van der Waals surface area contributed by atoms with Gasteiger partial charge in [0.2, 0.25) is 0 Å². The molecule has 35 heavy (non-hydrogen) atoms. The van der Waals surface area contributed by atoms with Crippen LogP contribution in [0, 0.1) is 0 Å². The summed E-state index contributed by atoms with van der Waals surface area (Å²) < 4.78 is 4.58. The Morgan fingerprint density at radius 3 is 1.54 bits per heavy atom. The van der Waals surface area contributed by atoms with Gasteiger partial charge in [0.1, 0.15) is 0 Å². The molecule has 0 N–H and O–H groups in total. The molecule has 0 amide bonds. The summed E-state index contributed by atoms with van der Waals surface area (Å²) >= 11 is 0. The number of rotatable bonds is 3. The summed E-state index contributed by atoms with van der Waals surface area (Å²) in [7, 11) is 5.87. The van der Waals surface area contributed by atoms with Gasteiger partial charge in [-0.15, -0.1) is 0 Å². The van der Waals surface area contributed by atoms with Crippen molar-refractivity contribution in [2.24, 2.45) is 28.2 Å². The molecule has 1 saturated carbocycles. The minimum Gasteiger partial charge on any atom is -0.303 e. The minimum atomic E-state index is -0.493. The highest BCUT2D eigenvalue weighted by molar-refractivity contribution is 6.14. The van der Waals surface area contributed by atoms with E-state index in [2.05, 4.69) is 0 Å². The molecule has 0 bridgehead atoms. The van der Waals surface area contributed by atoms with Crippen molar-refractivity contribution in [3.63, 3.8) is 0 Å². The second kappa shape index (κ2) is 9.17. The van der Waals surface area contributed by atoms with Gasteiger partial charge in [-0.3, -0.25) is 23.5 Å². The standard InChI is InChI=1S/C26H26N4O5/c1-27-14-20(23(32)29(3)25(27)34)12-18-10-17(16-8-6-5-7-9-16)11-19(22(18)31)13-21-15-28(2)26(35)30(4)24(21)33/h5-9,12-15,17H,10-11H2,1-4H3/b18-12-,19-13-. The summed E-state index contributed by atoms with van der Waals surface area (Å²) in [6.07, 6.45) is 6.71. The van der Waals surface area contributed by atoms with Crippen LogP contribution in [0.25, 0.3) is 12.2 Å². The number of ketones is 1. The van der Waals surface area contributed by atoms with E-state index in [1.807, 2.05) is 30.3 Å². The highest BCUT2D eigenvalue weighted by Crippen LogP contribution is 2.38. The third-order valence-corrected chi connectivity index (χ3v) is 6.39. The molecular weight excluding hydrogens is 448 g/mol. The molecule has 9 heteroatoms. The average Bonchev–Trinajstić information content (AvgIpc) is 2.85. The number of hydrogen-bond acceptors (Lipinski definition) is 5. The van der Waals surface area contributed by atoms with Crippen LogP contribution in [0.1, 0.15) is 35.4 Å². The summed E-state index contributed by atoms with van der Waals surface area (Å²) in [5.41, 5.74) is 0.398. The number of hydrogen-bond donors (Lipinski definition) is 0. The number of carbonyl (C=O) groups excluding carboxylic acids is 1. The fraction of sp³-hybridized carbons (Fsp3) is 0.269. The van der Waals surface area contributed by atoms with E-state index in [4.69, 9.17) is 0 Å². The van der Waals surface area contributed by atoms with E-state index in [1.165, 1.54) is 47.8 Å². The molecule has 2 aromatic heterocycles. The summed E-state index contributed by atoms with van der Waals surface area (Å²) in [5.74, 6) is -0.330. The van der Waals surface area contributed by atoms with Gasteiger partial charge in [0.25, 0.3) is 11.1 Å². The molecule has 1 aromatic carbocycles. The predicted molar refractivity (Wildman–Crippen MR) is 133 cm³/mol. The number of nitrogens with zero attached hydrogens (tertiary/aromatic N) is 4. The van der Waals surface area contributed by atoms with E-state index in [0.717, 1.165) is 14.7 Å². The lowest BCUT2D eigenvalue weighted by molar-refractivity contribution is -0.113. The van der Waals surface area contributed by atoms with Crippen LogP contribution in [0.3, 0.4) is 0 Å². The van der Waals surface area contributed by atoms with Gasteiger partial charge in [0, 0.05) is 51.7 Å². The third-order valence-electron chi connectivity index (χ3n) is 6.39. The Morgan fingerprint density at radius 2 is 1.11 bits per heavy atom. The molecule has 1 aliphatic rings. The molecule has 1 aliphatic carbocycles. The molecule has 2 heterocycles. The normalized spacial score (nSPS) is 18.4. The second-order valence-electron chi connectivity index (χ2n) is 8.87. The molecule has 0 unspecified atom stereocenters. The largest absolute Gasteiger partial charge is 0.330 e. The molecule has 9 nitrogen and oxygen atoms in total. The fourth-order valence-corrected chi connectivity index (χ4v) is 4.45. The van der Waals surface area contributed by atoms with Gasteiger partial charge < -0.3 is 9.13 Å². The SMILES string of the molecule is Cn1cc(/C=C2/CC(c3ccccc3)C/C(=C/c3cn(C)c(=O)n(C)c3=O)C2=O)c(=O)n(C)c1=O. The highest BCUT2D eigenvalue weighted by Gasteiger charge is 2.29. The monoisotopic (exact) mass is 474 g/mol. The van der Waals surface area contributed by atoms with Gasteiger partial charge >= 0.3 is 11.4 Å². The van der Waals surface area contributed by atoms with E-state index in [1.54, 1.807) is 14.1 Å². The predicted octanol–water partition coefficient (Wildman–Crippen LogP) is 1.10. The molecule has 4 rings (SSSR count). The van der Waals surface area contributed by atoms with E-state index in [0.29, 0.717) is 24.0 Å². The van der Waals surface area contributed by atoms with Crippen LogP contribution in [0.15, 0.2) is 73.0 Å². The summed E-state index contributed by atoms with van der Waals surface area (Å²) in [6, 6.07) is 9.71. The first kappa shape index (κ1) is 23.9. The Balaban J connectivity index is 1.89. The van der Waals surface area contributed by atoms with Crippen LogP contribution in [0.2, 0.25) is 0 Å². The van der Waals surface area contributed by atoms with Crippen LogP contribution >= 0.6 is 0 Å². The number of Topliss-reactive ketones (excluding diaryl/α,β-unsaturated/α-hetero) is 1. The summed E-state index contributed by atoms with van der Waals surface area (Å²) in [4.78, 5) is 63.1. The number of aromatic nitrogens is 4. The van der Waals surface area contributed by atoms with E-state index < -0.39 is 22.5 Å². The molecule has 0 spiro atoms. The van der Waals surface area contributed by atoms with Crippen LogP contribution in [0.5, 0.6) is 0 Å². The quantitative estimate of drug-likeness (QED) is 0.529. The van der Waals surface area contributed by atoms with Gasteiger partial charge in [-0.05, 0) is 36.5 Å². The van der Waals surface area contributed by atoms with E-state index in [9.17, 15) is 24.0 Å². The van der Waals surface area contributed by atoms with Gasteiger partial charge in [-0.2, -0.15) is 0 Å². The zero-order valence-corrected chi connectivity index (χ0v) is 20.0. The summed E-state index contributed by atoms with van der Waals surface area (Å²) in [5, 5.41) is 0. The molecule has 1 fully saturated rings. The molecule has 0 atom stereocenters. The van der Waals surface area contributed by atoms with Crippen LogP contribution in [-0.4, -0.2) is 24.1 Å². The number of carbonyl (C=O) groups is 1. The Hall–Kier alpha value is -4.27. The van der Waals surface area contributed by atoms with Gasteiger partial charge in [-0.25, -0.2) is 9.59 Å². The third kappa shape index (κ3) is 4.44. The lowest BCUT2D eigenvalue weighted by atomic mass is 9.77. The Morgan fingerprint density at radius 1 is 0.686 bits per heavy atom. The van der Waals surface area contributed by atoms with Crippen molar-refractivity contribution in [2.75, 3.05) is 0 Å². The molecule has 3 aromatic rings. The van der Waals surface area contributed by atoms with Crippen molar-refractivity contribution in [1.29, 1.82) is 0 Å². The Bertz CT molecular complexity index is 1530. The number of aryl methyl sites for hydroxylation is 2. The molecule has 180 valence electrons. The lowest BCUT2D eigenvalue weighted by Crippen LogP contribution is -2.38. The minimum absolute atomic E-state index is 0.0563. The Labute approximate surface area is 200 Å². The molecule has 0 aliphatic heterocycles. The van der Waals surface area contributed by atoms with E-state index >= 15 is 0 Å². The van der Waals surface area contributed by atoms with Crippen molar-refractivity contribution < 1.29 is 4.79 Å². The molecule has 0 saturated heterocycles.